The number of nitrogens with one attached hydrogen (secondary N) is 2. The number of likely N-dealkylation sites (tertiary alicyclic amines) is 1. The summed E-state index contributed by atoms with van der Waals surface area (Å²) in [7, 11) is 1.75. The summed E-state index contributed by atoms with van der Waals surface area (Å²) >= 11 is 0. The first-order valence-electron chi connectivity index (χ1n) is 10.7. The standard InChI is InChI=1S/C22H33N5O2/c1-3-20(28)27-14-11-19(16-27)25-22(23-2)24-12-6-9-21(29)26-13-10-17-7-4-5-8-18(17)15-26/h4-5,7-8,19H,3,6,9-16H2,1-2H3,(H2,23,24,25). The lowest BCUT2D eigenvalue weighted by molar-refractivity contribution is -0.132. The molecule has 1 aromatic carbocycles. The molecule has 1 fully saturated rings. The molecular weight excluding hydrogens is 366 g/mol. The van der Waals surface area contributed by atoms with Crippen molar-refractivity contribution in [3.63, 3.8) is 0 Å². The van der Waals surface area contributed by atoms with Crippen molar-refractivity contribution in [1.82, 2.24) is 20.4 Å². The zero-order valence-corrected chi connectivity index (χ0v) is 17.6. The van der Waals surface area contributed by atoms with Crippen LogP contribution in [0.25, 0.3) is 0 Å². The lowest BCUT2D eigenvalue weighted by atomic mass is 9.99. The molecule has 2 aliphatic heterocycles. The van der Waals surface area contributed by atoms with Crippen LogP contribution in [0.3, 0.4) is 0 Å². The minimum absolute atomic E-state index is 0.205. The number of carbonyl (C=O) groups excluding carboxylic acids is 2. The number of hydrogen-bond acceptors (Lipinski definition) is 3. The van der Waals surface area contributed by atoms with Crippen LogP contribution in [0.2, 0.25) is 0 Å². The van der Waals surface area contributed by atoms with E-state index in [9.17, 15) is 9.59 Å². The highest BCUT2D eigenvalue weighted by atomic mass is 16.2. The molecule has 158 valence electrons. The maximum absolute atomic E-state index is 12.5. The second kappa shape index (κ2) is 10.3. The van der Waals surface area contributed by atoms with E-state index in [2.05, 4.69) is 33.8 Å². The Labute approximate surface area is 173 Å². The molecule has 7 heteroatoms. The zero-order valence-electron chi connectivity index (χ0n) is 17.6. The van der Waals surface area contributed by atoms with Crippen LogP contribution in [-0.2, 0) is 22.6 Å². The van der Waals surface area contributed by atoms with Crippen LogP contribution in [0.15, 0.2) is 29.3 Å². The van der Waals surface area contributed by atoms with Crippen LogP contribution in [0.4, 0.5) is 0 Å². The Balaban J connectivity index is 1.35. The van der Waals surface area contributed by atoms with E-state index >= 15 is 0 Å². The molecule has 0 spiro atoms. The van der Waals surface area contributed by atoms with Gasteiger partial charge in [-0.05, 0) is 30.4 Å². The molecule has 2 heterocycles. The van der Waals surface area contributed by atoms with Crippen molar-refractivity contribution >= 4 is 17.8 Å². The Morgan fingerprint density at radius 3 is 2.69 bits per heavy atom. The monoisotopic (exact) mass is 399 g/mol. The number of carbonyl (C=O) groups is 2. The molecule has 1 unspecified atom stereocenters. The molecule has 2 amide bonds. The van der Waals surface area contributed by atoms with Crippen molar-refractivity contribution in [2.45, 2.75) is 51.6 Å². The average molecular weight is 400 g/mol. The first-order valence-corrected chi connectivity index (χ1v) is 10.7. The Bertz CT molecular complexity index is 748. The number of hydrogen-bond donors (Lipinski definition) is 2. The molecule has 2 aliphatic rings. The number of aliphatic imine (C=N–C) groups is 1. The summed E-state index contributed by atoms with van der Waals surface area (Å²) in [5.41, 5.74) is 2.63. The molecule has 1 atom stereocenters. The van der Waals surface area contributed by atoms with Gasteiger partial charge in [-0.25, -0.2) is 0 Å². The molecule has 1 saturated heterocycles. The van der Waals surface area contributed by atoms with Crippen LogP contribution in [0.1, 0.15) is 43.7 Å². The maximum atomic E-state index is 12.5. The van der Waals surface area contributed by atoms with Gasteiger partial charge < -0.3 is 20.4 Å². The first-order chi connectivity index (χ1) is 14.1. The van der Waals surface area contributed by atoms with E-state index in [0.717, 1.165) is 51.4 Å². The summed E-state index contributed by atoms with van der Waals surface area (Å²) < 4.78 is 0. The molecule has 29 heavy (non-hydrogen) atoms. The Kier molecular flexibility index (Phi) is 7.49. The highest BCUT2D eigenvalue weighted by Gasteiger charge is 2.25. The molecular formula is C22H33N5O2. The fourth-order valence-corrected chi connectivity index (χ4v) is 4.03. The number of guanidine groups is 1. The third-order valence-electron chi connectivity index (χ3n) is 5.75. The summed E-state index contributed by atoms with van der Waals surface area (Å²) in [6, 6.07) is 8.60. The van der Waals surface area contributed by atoms with Crippen molar-refractivity contribution in [1.29, 1.82) is 0 Å². The smallest absolute Gasteiger partial charge is 0.222 e. The largest absolute Gasteiger partial charge is 0.356 e. The third kappa shape index (κ3) is 5.71. The molecule has 0 radical (unpaired) electrons. The van der Waals surface area contributed by atoms with Crippen LogP contribution < -0.4 is 10.6 Å². The molecule has 0 aromatic heterocycles. The van der Waals surface area contributed by atoms with Crippen molar-refractivity contribution in [2.75, 3.05) is 33.2 Å². The molecule has 7 nitrogen and oxygen atoms in total. The molecule has 3 rings (SSSR count). The van der Waals surface area contributed by atoms with Crippen LogP contribution in [0.5, 0.6) is 0 Å². The van der Waals surface area contributed by atoms with Crippen molar-refractivity contribution in [3.8, 4) is 0 Å². The minimum atomic E-state index is 0.205. The average Bonchev–Trinajstić information content (AvgIpc) is 3.23. The topological polar surface area (TPSA) is 77.0 Å². The van der Waals surface area contributed by atoms with Gasteiger partial charge in [0.05, 0.1) is 0 Å². The van der Waals surface area contributed by atoms with Gasteiger partial charge in [0.25, 0.3) is 0 Å². The molecule has 0 aliphatic carbocycles. The quantitative estimate of drug-likeness (QED) is 0.432. The highest BCUT2D eigenvalue weighted by Crippen LogP contribution is 2.19. The fourth-order valence-electron chi connectivity index (χ4n) is 4.03. The fraction of sp³-hybridized carbons (Fsp3) is 0.591. The second-order valence-corrected chi connectivity index (χ2v) is 7.76. The van der Waals surface area contributed by atoms with Gasteiger partial charge in [0.1, 0.15) is 0 Å². The van der Waals surface area contributed by atoms with E-state index in [1.807, 2.05) is 22.8 Å². The van der Waals surface area contributed by atoms with Gasteiger partial charge in [0.15, 0.2) is 5.96 Å². The van der Waals surface area contributed by atoms with Gasteiger partial charge in [-0.3, -0.25) is 14.6 Å². The third-order valence-corrected chi connectivity index (χ3v) is 5.75. The Hall–Kier alpha value is -2.57. The second-order valence-electron chi connectivity index (χ2n) is 7.76. The summed E-state index contributed by atoms with van der Waals surface area (Å²) in [5.74, 6) is 1.16. The first kappa shape index (κ1) is 21.1. The van der Waals surface area contributed by atoms with Gasteiger partial charge in [0, 0.05) is 58.7 Å². The number of nitrogens with zero attached hydrogens (tertiary/aromatic N) is 3. The van der Waals surface area contributed by atoms with Crippen molar-refractivity contribution in [2.24, 2.45) is 4.99 Å². The summed E-state index contributed by atoms with van der Waals surface area (Å²) in [6.07, 6.45) is 3.73. The molecule has 0 bridgehead atoms. The van der Waals surface area contributed by atoms with E-state index in [4.69, 9.17) is 0 Å². The molecule has 1 aromatic rings. The number of benzene rings is 1. The normalized spacial score (nSPS) is 19.1. The van der Waals surface area contributed by atoms with Crippen LogP contribution >= 0.6 is 0 Å². The SMILES string of the molecule is CCC(=O)N1CCC(NC(=NC)NCCCC(=O)N2CCc3ccccc3C2)C1. The van der Waals surface area contributed by atoms with Crippen LogP contribution in [0, 0.1) is 0 Å². The zero-order chi connectivity index (χ0) is 20.6. The van der Waals surface area contributed by atoms with Gasteiger partial charge in [-0.2, -0.15) is 0 Å². The lowest BCUT2D eigenvalue weighted by Crippen LogP contribution is -2.45. The summed E-state index contributed by atoms with van der Waals surface area (Å²) in [5, 5.41) is 6.68. The van der Waals surface area contributed by atoms with E-state index < -0.39 is 0 Å². The predicted molar refractivity (Wildman–Crippen MR) is 115 cm³/mol. The number of amides is 2. The summed E-state index contributed by atoms with van der Waals surface area (Å²) in [6.45, 7) is 5.65. The number of rotatable bonds is 6. The lowest BCUT2D eigenvalue weighted by Gasteiger charge is -2.29. The van der Waals surface area contributed by atoms with E-state index in [1.54, 1.807) is 7.05 Å². The van der Waals surface area contributed by atoms with E-state index in [0.29, 0.717) is 19.4 Å². The van der Waals surface area contributed by atoms with Crippen molar-refractivity contribution < 1.29 is 9.59 Å². The van der Waals surface area contributed by atoms with Crippen molar-refractivity contribution in [3.05, 3.63) is 35.4 Å². The van der Waals surface area contributed by atoms with Gasteiger partial charge >= 0.3 is 0 Å². The summed E-state index contributed by atoms with van der Waals surface area (Å²) in [4.78, 5) is 32.5. The molecule has 2 N–H and O–H groups in total. The highest BCUT2D eigenvalue weighted by molar-refractivity contribution is 5.81. The van der Waals surface area contributed by atoms with E-state index in [-0.39, 0.29) is 17.9 Å². The maximum Gasteiger partial charge on any atom is 0.222 e. The van der Waals surface area contributed by atoms with E-state index in [1.165, 1.54) is 11.1 Å². The molecule has 0 saturated carbocycles. The van der Waals surface area contributed by atoms with Gasteiger partial charge in [0.2, 0.25) is 11.8 Å². The van der Waals surface area contributed by atoms with Gasteiger partial charge in [-0.1, -0.05) is 31.2 Å². The Morgan fingerprint density at radius 1 is 1.14 bits per heavy atom. The predicted octanol–water partition coefficient (Wildman–Crippen LogP) is 1.53. The number of fused-ring (bicyclic) bond motifs is 1. The minimum Gasteiger partial charge on any atom is -0.356 e. The van der Waals surface area contributed by atoms with Gasteiger partial charge in [-0.15, -0.1) is 0 Å². The van der Waals surface area contributed by atoms with Crippen LogP contribution in [-0.4, -0.2) is 66.8 Å². The Morgan fingerprint density at radius 2 is 1.93 bits per heavy atom.